The SMILES string of the molecule is COc1ccc2ccccc2c1-c1c(OOC(=O)c2ccc(-c3ccc(O)cc3)cc2)ccc2c1C=CCC2. The number of allylic oxidation sites excluding steroid dienone is 1. The van der Waals surface area contributed by atoms with Gasteiger partial charge in [-0.25, -0.2) is 9.68 Å². The first-order chi connectivity index (χ1) is 19.1. The van der Waals surface area contributed by atoms with E-state index in [9.17, 15) is 9.90 Å². The van der Waals surface area contributed by atoms with E-state index >= 15 is 0 Å². The summed E-state index contributed by atoms with van der Waals surface area (Å²) < 4.78 is 5.80. The zero-order valence-electron chi connectivity index (χ0n) is 21.4. The van der Waals surface area contributed by atoms with Crippen molar-refractivity contribution in [3.05, 3.63) is 120 Å². The number of hydrogen-bond donors (Lipinski definition) is 1. The summed E-state index contributed by atoms with van der Waals surface area (Å²) in [6, 6.07) is 29.9. The largest absolute Gasteiger partial charge is 0.508 e. The Morgan fingerprint density at radius 2 is 1.49 bits per heavy atom. The quantitative estimate of drug-likeness (QED) is 0.184. The molecule has 0 aliphatic heterocycles. The number of rotatable bonds is 6. The van der Waals surface area contributed by atoms with Crippen LogP contribution in [0.1, 0.15) is 27.9 Å². The molecule has 0 atom stereocenters. The lowest BCUT2D eigenvalue weighted by Gasteiger charge is -2.21. The molecule has 1 aliphatic carbocycles. The van der Waals surface area contributed by atoms with Gasteiger partial charge in [-0.1, -0.05) is 72.8 Å². The molecular formula is C34H26O5. The lowest BCUT2D eigenvalue weighted by Crippen LogP contribution is -2.10. The van der Waals surface area contributed by atoms with Crippen LogP contribution in [0.2, 0.25) is 0 Å². The van der Waals surface area contributed by atoms with Gasteiger partial charge in [0.2, 0.25) is 0 Å². The Kier molecular flexibility index (Phi) is 6.47. The molecule has 5 heteroatoms. The highest BCUT2D eigenvalue weighted by molar-refractivity contribution is 6.03. The number of benzene rings is 5. The average Bonchev–Trinajstić information content (AvgIpc) is 2.99. The van der Waals surface area contributed by atoms with Crippen LogP contribution in [0.25, 0.3) is 39.1 Å². The van der Waals surface area contributed by atoms with Crippen molar-refractivity contribution in [2.75, 3.05) is 7.11 Å². The standard InChI is InChI=1S/C34H26O5/c1-37-30-20-16-24-6-2-4-8-28(24)32(30)33-29-9-5-3-7-25(29)17-21-31(33)38-39-34(36)26-12-10-22(11-13-26)23-14-18-27(35)19-15-23/h2,4-6,8-21,35H,3,7H2,1H3. The van der Waals surface area contributed by atoms with Crippen LogP contribution in [0.3, 0.4) is 0 Å². The molecule has 0 bridgehead atoms. The minimum atomic E-state index is -0.601. The van der Waals surface area contributed by atoms with Gasteiger partial charge >= 0.3 is 5.97 Å². The fourth-order valence-corrected chi connectivity index (χ4v) is 5.08. The van der Waals surface area contributed by atoms with Gasteiger partial charge < -0.3 is 9.84 Å². The monoisotopic (exact) mass is 514 g/mol. The van der Waals surface area contributed by atoms with Gasteiger partial charge in [0.05, 0.1) is 12.7 Å². The summed E-state index contributed by atoms with van der Waals surface area (Å²) in [5, 5.41) is 11.6. The van der Waals surface area contributed by atoms with Crippen LogP contribution in [0.15, 0.2) is 103 Å². The summed E-state index contributed by atoms with van der Waals surface area (Å²) >= 11 is 0. The summed E-state index contributed by atoms with van der Waals surface area (Å²) in [7, 11) is 1.65. The van der Waals surface area contributed by atoms with E-state index in [2.05, 4.69) is 24.3 Å². The lowest BCUT2D eigenvalue weighted by molar-refractivity contribution is -0.149. The molecule has 39 heavy (non-hydrogen) atoms. The maximum Gasteiger partial charge on any atom is 0.386 e. The highest BCUT2D eigenvalue weighted by Crippen LogP contribution is 2.46. The van der Waals surface area contributed by atoms with Crippen molar-refractivity contribution < 1.29 is 24.4 Å². The number of aromatic hydroxyl groups is 1. The summed E-state index contributed by atoms with van der Waals surface area (Å²) in [4.78, 5) is 24.1. The second-order valence-electron chi connectivity index (χ2n) is 9.39. The fraction of sp³-hybridized carbons (Fsp3) is 0.0882. The normalized spacial score (nSPS) is 12.1. The number of methoxy groups -OCH3 is 1. The summed E-state index contributed by atoms with van der Waals surface area (Å²) in [6.07, 6.45) is 6.13. The second-order valence-corrected chi connectivity index (χ2v) is 9.39. The van der Waals surface area contributed by atoms with Gasteiger partial charge in [-0.3, -0.25) is 4.89 Å². The first kappa shape index (κ1) is 24.3. The summed E-state index contributed by atoms with van der Waals surface area (Å²) in [5.41, 5.74) is 6.16. The highest BCUT2D eigenvalue weighted by Gasteiger charge is 2.23. The van der Waals surface area contributed by atoms with Crippen molar-refractivity contribution in [2.45, 2.75) is 12.8 Å². The fourth-order valence-electron chi connectivity index (χ4n) is 5.08. The van der Waals surface area contributed by atoms with Crippen LogP contribution in [-0.4, -0.2) is 18.2 Å². The van der Waals surface area contributed by atoms with E-state index in [1.807, 2.05) is 60.7 Å². The average molecular weight is 515 g/mol. The van der Waals surface area contributed by atoms with Gasteiger partial charge in [-0.15, -0.1) is 0 Å². The van der Waals surface area contributed by atoms with E-state index in [4.69, 9.17) is 14.5 Å². The molecule has 5 nitrogen and oxygen atoms in total. The predicted molar refractivity (Wildman–Crippen MR) is 153 cm³/mol. The number of carbonyl (C=O) groups is 1. The smallest absolute Gasteiger partial charge is 0.386 e. The number of aryl methyl sites for hydroxylation is 1. The molecule has 1 aliphatic rings. The van der Waals surface area contributed by atoms with Crippen LogP contribution < -0.4 is 9.62 Å². The Bertz CT molecular complexity index is 1700. The Balaban J connectivity index is 1.34. The Labute approximate surface area is 226 Å². The molecule has 0 unspecified atom stereocenters. The van der Waals surface area contributed by atoms with Crippen molar-refractivity contribution in [1.82, 2.24) is 0 Å². The van der Waals surface area contributed by atoms with Crippen molar-refractivity contribution in [1.29, 1.82) is 0 Å². The zero-order valence-corrected chi connectivity index (χ0v) is 21.4. The van der Waals surface area contributed by atoms with Crippen LogP contribution in [0.4, 0.5) is 0 Å². The summed E-state index contributed by atoms with van der Waals surface area (Å²) in [6.45, 7) is 0. The number of phenols is 1. The Morgan fingerprint density at radius 1 is 0.769 bits per heavy atom. The van der Waals surface area contributed by atoms with Crippen molar-refractivity contribution in [3.8, 4) is 39.5 Å². The molecule has 0 spiro atoms. The molecule has 0 fully saturated rings. The van der Waals surface area contributed by atoms with Crippen LogP contribution in [0, 0.1) is 0 Å². The van der Waals surface area contributed by atoms with Gasteiger partial charge in [0, 0.05) is 11.1 Å². The van der Waals surface area contributed by atoms with Crippen molar-refractivity contribution in [3.63, 3.8) is 0 Å². The van der Waals surface area contributed by atoms with Crippen LogP contribution in [0.5, 0.6) is 17.2 Å². The zero-order chi connectivity index (χ0) is 26.8. The molecule has 0 radical (unpaired) electrons. The van der Waals surface area contributed by atoms with E-state index in [1.54, 1.807) is 31.4 Å². The van der Waals surface area contributed by atoms with Gasteiger partial charge in [-0.2, -0.15) is 0 Å². The topological polar surface area (TPSA) is 65.0 Å². The minimum Gasteiger partial charge on any atom is -0.508 e. The first-order valence-electron chi connectivity index (χ1n) is 12.8. The van der Waals surface area contributed by atoms with Crippen molar-refractivity contribution >= 4 is 22.8 Å². The van der Waals surface area contributed by atoms with Gasteiger partial charge in [0.1, 0.15) is 11.5 Å². The number of ether oxygens (including phenoxy) is 1. The number of carbonyl (C=O) groups excluding carboxylic acids is 1. The molecule has 0 amide bonds. The number of phenolic OH excluding ortho intramolecular Hbond substituents is 1. The van der Waals surface area contributed by atoms with E-state index in [-0.39, 0.29) is 5.75 Å². The maximum atomic E-state index is 13.0. The molecule has 0 aromatic heterocycles. The molecule has 192 valence electrons. The molecule has 5 aromatic rings. The van der Waals surface area contributed by atoms with E-state index < -0.39 is 5.97 Å². The van der Waals surface area contributed by atoms with E-state index in [1.165, 1.54) is 5.56 Å². The van der Waals surface area contributed by atoms with E-state index in [0.29, 0.717) is 17.1 Å². The molecule has 0 heterocycles. The predicted octanol–water partition coefficient (Wildman–Crippen LogP) is 8.00. The Hall–Kier alpha value is -5.03. The third-order valence-corrected chi connectivity index (χ3v) is 7.05. The van der Waals surface area contributed by atoms with Gasteiger partial charge in [-0.05, 0) is 82.3 Å². The highest BCUT2D eigenvalue weighted by atomic mass is 17.2. The van der Waals surface area contributed by atoms with Crippen molar-refractivity contribution in [2.24, 2.45) is 0 Å². The first-order valence-corrected chi connectivity index (χ1v) is 12.8. The molecule has 0 saturated heterocycles. The maximum absolute atomic E-state index is 13.0. The van der Waals surface area contributed by atoms with Gasteiger partial charge in [0.15, 0.2) is 5.75 Å². The third kappa shape index (κ3) is 4.71. The molecular weight excluding hydrogens is 488 g/mol. The Morgan fingerprint density at radius 3 is 2.26 bits per heavy atom. The summed E-state index contributed by atoms with van der Waals surface area (Å²) in [5.74, 6) is 0.747. The molecule has 0 saturated carbocycles. The van der Waals surface area contributed by atoms with Crippen LogP contribution >= 0.6 is 0 Å². The molecule has 6 rings (SSSR count). The lowest BCUT2D eigenvalue weighted by atomic mass is 9.87. The second kappa shape index (κ2) is 10.4. The van der Waals surface area contributed by atoms with Gasteiger partial charge in [0.25, 0.3) is 0 Å². The number of fused-ring (bicyclic) bond motifs is 2. The minimum absolute atomic E-state index is 0.203. The van der Waals surface area contributed by atoms with E-state index in [0.717, 1.165) is 51.4 Å². The van der Waals surface area contributed by atoms with Crippen LogP contribution in [-0.2, 0) is 11.3 Å². The number of hydrogen-bond acceptors (Lipinski definition) is 5. The molecule has 1 N–H and O–H groups in total. The molecule has 5 aromatic carbocycles. The third-order valence-electron chi connectivity index (χ3n) is 7.05.